The molecule has 1 unspecified atom stereocenters. The molecule has 3 rings (SSSR count). The van der Waals surface area contributed by atoms with Crippen LogP contribution < -0.4 is 10.1 Å². The minimum atomic E-state index is -0.569. The lowest BCUT2D eigenvalue weighted by atomic mass is 10.1. The van der Waals surface area contributed by atoms with Crippen molar-refractivity contribution in [2.24, 2.45) is 0 Å². The summed E-state index contributed by atoms with van der Waals surface area (Å²) in [6.45, 7) is 8.24. The zero-order valence-electron chi connectivity index (χ0n) is 16.1. The van der Waals surface area contributed by atoms with Crippen LogP contribution >= 0.6 is 11.3 Å². The molecule has 1 heterocycles. The van der Waals surface area contributed by atoms with E-state index in [1.54, 1.807) is 18.3 Å². The maximum atomic E-state index is 12.4. The average molecular weight is 381 g/mol. The molecular weight excluding hydrogens is 356 g/mol. The highest BCUT2D eigenvalue weighted by atomic mass is 32.1. The van der Waals surface area contributed by atoms with Crippen molar-refractivity contribution in [2.45, 2.75) is 40.3 Å². The number of carbonyl (C=O) groups is 1. The molecule has 0 fully saturated rings. The first-order chi connectivity index (χ1) is 12.9. The van der Waals surface area contributed by atoms with Crippen molar-refractivity contribution < 1.29 is 9.53 Å². The summed E-state index contributed by atoms with van der Waals surface area (Å²) in [5, 5.41) is 5.84. The highest BCUT2D eigenvalue weighted by Crippen LogP contribution is 2.24. The van der Waals surface area contributed by atoms with Crippen molar-refractivity contribution in [1.82, 2.24) is 10.3 Å². The summed E-state index contributed by atoms with van der Waals surface area (Å²) < 4.78 is 5.83. The number of benzene rings is 2. The van der Waals surface area contributed by atoms with Crippen LogP contribution in [0.3, 0.4) is 0 Å². The van der Waals surface area contributed by atoms with E-state index in [0.717, 1.165) is 33.1 Å². The molecule has 2 aromatic carbocycles. The van der Waals surface area contributed by atoms with E-state index in [1.165, 1.54) is 5.56 Å². The number of carbonyl (C=O) groups excluding carboxylic acids is 1. The third-order valence-electron chi connectivity index (χ3n) is 4.52. The van der Waals surface area contributed by atoms with Crippen molar-refractivity contribution in [3.05, 3.63) is 70.2 Å². The average Bonchev–Trinajstić information content (AvgIpc) is 3.13. The van der Waals surface area contributed by atoms with Gasteiger partial charge in [0.05, 0.1) is 12.2 Å². The fourth-order valence-electron chi connectivity index (χ4n) is 2.63. The van der Waals surface area contributed by atoms with E-state index in [9.17, 15) is 4.79 Å². The zero-order chi connectivity index (χ0) is 19.4. The van der Waals surface area contributed by atoms with Gasteiger partial charge in [0.1, 0.15) is 10.8 Å². The Labute approximate surface area is 164 Å². The highest BCUT2D eigenvalue weighted by Gasteiger charge is 2.16. The second-order valence-corrected chi connectivity index (χ2v) is 7.54. The third kappa shape index (κ3) is 4.74. The molecule has 1 amide bonds. The number of ether oxygens (including phenoxy) is 1. The normalized spacial score (nSPS) is 11.9. The minimum Gasteiger partial charge on any atom is -0.481 e. The minimum absolute atomic E-state index is 0.152. The molecule has 0 saturated carbocycles. The van der Waals surface area contributed by atoms with Gasteiger partial charge < -0.3 is 10.1 Å². The van der Waals surface area contributed by atoms with Crippen LogP contribution in [0, 0.1) is 20.8 Å². The van der Waals surface area contributed by atoms with Crippen molar-refractivity contribution in [3.8, 4) is 16.3 Å². The third-order valence-corrected chi connectivity index (χ3v) is 5.46. The predicted molar refractivity (Wildman–Crippen MR) is 110 cm³/mol. The Morgan fingerprint density at radius 2 is 1.89 bits per heavy atom. The van der Waals surface area contributed by atoms with Gasteiger partial charge in [0.2, 0.25) is 0 Å². The number of nitrogens with one attached hydrogen (secondary N) is 1. The van der Waals surface area contributed by atoms with Crippen molar-refractivity contribution >= 4 is 17.2 Å². The molecule has 3 aromatic rings. The van der Waals surface area contributed by atoms with Crippen LogP contribution in [0.1, 0.15) is 29.3 Å². The van der Waals surface area contributed by atoms with Crippen LogP contribution in [-0.2, 0) is 11.3 Å². The van der Waals surface area contributed by atoms with Gasteiger partial charge in [-0.15, -0.1) is 11.3 Å². The lowest BCUT2D eigenvalue weighted by Crippen LogP contribution is -2.36. The molecule has 1 aromatic heterocycles. The van der Waals surface area contributed by atoms with E-state index < -0.39 is 6.10 Å². The van der Waals surface area contributed by atoms with Crippen molar-refractivity contribution in [3.63, 3.8) is 0 Å². The van der Waals surface area contributed by atoms with Crippen molar-refractivity contribution in [1.29, 1.82) is 0 Å². The smallest absolute Gasteiger partial charge is 0.261 e. The van der Waals surface area contributed by atoms with Gasteiger partial charge in [-0.1, -0.05) is 42.0 Å². The summed E-state index contributed by atoms with van der Waals surface area (Å²) in [4.78, 5) is 17.0. The molecule has 27 heavy (non-hydrogen) atoms. The number of thiazole rings is 1. The molecule has 1 N–H and O–H groups in total. The maximum absolute atomic E-state index is 12.4. The zero-order valence-corrected chi connectivity index (χ0v) is 16.9. The van der Waals surface area contributed by atoms with E-state index in [4.69, 9.17) is 4.74 Å². The van der Waals surface area contributed by atoms with E-state index in [0.29, 0.717) is 6.54 Å². The Morgan fingerprint density at radius 3 is 2.63 bits per heavy atom. The van der Waals surface area contributed by atoms with Gasteiger partial charge >= 0.3 is 0 Å². The van der Waals surface area contributed by atoms with E-state index >= 15 is 0 Å². The Bertz CT molecular complexity index is 932. The number of aromatic nitrogens is 1. The molecule has 5 heteroatoms. The summed E-state index contributed by atoms with van der Waals surface area (Å²) in [7, 11) is 0. The number of nitrogens with zero attached hydrogens (tertiary/aromatic N) is 1. The molecule has 4 nitrogen and oxygen atoms in total. The lowest BCUT2D eigenvalue weighted by Gasteiger charge is -2.16. The number of rotatable bonds is 6. The molecule has 0 spiro atoms. The molecule has 0 aliphatic rings. The molecule has 0 radical (unpaired) electrons. The van der Waals surface area contributed by atoms with Crippen LogP contribution in [0.4, 0.5) is 0 Å². The standard InChI is InChI=1S/C22H24N2O2S/c1-14-8-10-18(11-9-14)22-24-19(13-27-22)12-23-21(25)17(4)26-20-7-5-6-15(2)16(20)3/h5-11,13,17H,12H2,1-4H3,(H,23,25). The number of amides is 1. The molecular formula is C22H24N2O2S. The summed E-state index contributed by atoms with van der Waals surface area (Å²) in [5.74, 6) is 0.591. The van der Waals surface area contributed by atoms with Crippen LogP contribution in [0.25, 0.3) is 10.6 Å². The SMILES string of the molecule is Cc1ccc(-c2nc(CNC(=O)C(C)Oc3cccc(C)c3C)cs2)cc1. The van der Waals surface area contributed by atoms with Crippen LogP contribution in [0.2, 0.25) is 0 Å². The van der Waals surface area contributed by atoms with Gasteiger partial charge in [-0.2, -0.15) is 0 Å². The number of hydrogen-bond acceptors (Lipinski definition) is 4. The summed E-state index contributed by atoms with van der Waals surface area (Å²) in [5.41, 5.74) is 5.36. The highest BCUT2D eigenvalue weighted by molar-refractivity contribution is 7.13. The largest absolute Gasteiger partial charge is 0.481 e. The van der Waals surface area contributed by atoms with Crippen LogP contribution in [-0.4, -0.2) is 17.0 Å². The fraction of sp³-hybridized carbons (Fsp3) is 0.273. The van der Waals surface area contributed by atoms with Gasteiger partial charge in [-0.05, 0) is 44.9 Å². The number of hydrogen-bond donors (Lipinski definition) is 1. The molecule has 0 bridgehead atoms. The van der Waals surface area contributed by atoms with E-state index in [-0.39, 0.29) is 5.91 Å². The molecule has 140 valence electrons. The monoisotopic (exact) mass is 380 g/mol. The Kier molecular flexibility index (Phi) is 5.91. The quantitative estimate of drug-likeness (QED) is 0.667. The predicted octanol–water partition coefficient (Wildman–Crippen LogP) is 4.82. The van der Waals surface area contributed by atoms with Gasteiger partial charge in [-0.25, -0.2) is 4.98 Å². The second-order valence-electron chi connectivity index (χ2n) is 6.69. The first-order valence-corrected chi connectivity index (χ1v) is 9.84. The van der Waals surface area contributed by atoms with E-state index in [2.05, 4.69) is 41.5 Å². The topological polar surface area (TPSA) is 51.2 Å². The Balaban J connectivity index is 1.57. The molecule has 0 saturated heterocycles. The number of aryl methyl sites for hydroxylation is 2. The summed E-state index contributed by atoms with van der Waals surface area (Å²) >= 11 is 1.58. The Hall–Kier alpha value is -2.66. The molecule has 0 aliphatic heterocycles. The molecule has 1 atom stereocenters. The van der Waals surface area contributed by atoms with Gasteiger partial charge in [0.25, 0.3) is 5.91 Å². The summed E-state index contributed by atoms with van der Waals surface area (Å²) in [6.07, 6.45) is -0.569. The van der Waals surface area contributed by atoms with Crippen LogP contribution in [0.15, 0.2) is 47.8 Å². The van der Waals surface area contributed by atoms with Gasteiger partial charge in [0, 0.05) is 10.9 Å². The van der Waals surface area contributed by atoms with Crippen LogP contribution in [0.5, 0.6) is 5.75 Å². The first-order valence-electron chi connectivity index (χ1n) is 8.96. The maximum Gasteiger partial charge on any atom is 0.261 e. The first kappa shape index (κ1) is 19.1. The second kappa shape index (κ2) is 8.35. The van der Waals surface area contributed by atoms with E-state index in [1.807, 2.05) is 37.4 Å². The molecule has 0 aliphatic carbocycles. The van der Waals surface area contributed by atoms with Gasteiger partial charge in [0.15, 0.2) is 6.10 Å². The lowest BCUT2D eigenvalue weighted by molar-refractivity contribution is -0.127. The van der Waals surface area contributed by atoms with Crippen molar-refractivity contribution in [2.75, 3.05) is 0 Å². The Morgan fingerprint density at radius 1 is 1.15 bits per heavy atom. The van der Waals surface area contributed by atoms with Gasteiger partial charge in [-0.3, -0.25) is 4.79 Å². The fourth-order valence-corrected chi connectivity index (χ4v) is 3.46. The summed E-state index contributed by atoms with van der Waals surface area (Å²) in [6, 6.07) is 14.1.